The lowest BCUT2D eigenvalue weighted by molar-refractivity contribution is -0.122. The number of primary amides is 1. The van der Waals surface area contributed by atoms with E-state index >= 15 is 0 Å². The number of benzene rings is 2. The Balaban J connectivity index is 1.69. The van der Waals surface area contributed by atoms with Crippen molar-refractivity contribution in [2.75, 3.05) is 13.1 Å². The van der Waals surface area contributed by atoms with Gasteiger partial charge in [-0.15, -0.1) is 0 Å². The monoisotopic (exact) mass is 374 g/mol. The first-order chi connectivity index (χ1) is 12.4. The molecule has 1 heterocycles. The van der Waals surface area contributed by atoms with Crippen molar-refractivity contribution in [3.8, 4) is 11.5 Å². The molecule has 2 aromatic rings. The molecule has 1 saturated heterocycles. The number of carbonyl (C=O) groups excluding carboxylic acids is 1. The molecule has 1 aliphatic heterocycles. The van der Waals surface area contributed by atoms with E-state index < -0.39 is 10.0 Å². The van der Waals surface area contributed by atoms with Crippen LogP contribution in [-0.2, 0) is 14.8 Å². The highest BCUT2D eigenvalue weighted by Gasteiger charge is 2.31. The molecule has 7 heteroatoms. The fourth-order valence-electron chi connectivity index (χ4n) is 2.95. The molecule has 1 amide bonds. The molecule has 0 saturated carbocycles. The van der Waals surface area contributed by atoms with Crippen LogP contribution in [0.5, 0.6) is 11.5 Å². The van der Waals surface area contributed by atoms with Gasteiger partial charge in [-0.25, -0.2) is 8.42 Å². The normalized spacial score (nSPS) is 16.3. The second-order valence-electron chi connectivity index (χ2n) is 6.47. The van der Waals surface area contributed by atoms with E-state index in [1.165, 1.54) is 4.31 Å². The van der Waals surface area contributed by atoms with Gasteiger partial charge in [0.05, 0.1) is 4.90 Å². The molecule has 0 aliphatic carbocycles. The summed E-state index contributed by atoms with van der Waals surface area (Å²) in [6, 6.07) is 14.0. The van der Waals surface area contributed by atoms with Crippen molar-refractivity contribution in [2.45, 2.75) is 24.7 Å². The number of sulfonamides is 1. The largest absolute Gasteiger partial charge is 0.457 e. The number of rotatable bonds is 5. The SMILES string of the molecule is Cc1ccc(Oc2ccc(S(=O)(=O)N3CCC(C(N)=O)CC3)cc2)cc1. The Kier molecular flexibility index (Phi) is 5.29. The fraction of sp³-hybridized carbons (Fsp3) is 0.316. The van der Waals surface area contributed by atoms with Crippen LogP contribution in [0.2, 0.25) is 0 Å². The van der Waals surface area contributed by atoms with Crippen molar-refractivity contribution < 1.29 is 17.9 Å². The van der Waals surface area contributed by atoms with Crippen LogP contribution in [0, 0.1) is 12.8 Å². The molecule has 1 aliphatic rings. The summed E-state index contributed by atoms with van der Waals surface area (Å²) in [5.74, 6) is 0.659. The number of aryl methyl sites for hydroxylation is 1. The highest BCUT2D eigenvalue weighted by atomic mass is 32.2. The molecule has 6 nitrogen and oxygen atoms in total. The summed E-state index contributed by atoms with van der Waals surface area (Å²) in [7, 11) is -3.58. The summed E-state index contributed by atoms with van der Waals surface area (Å²) in [5, 5.41) is 0. The third-order valence-electron chi connectivity index (χ3n) is 4.57. The van der Waals surface area contributed by atoms with E-state index in [0.29, 0.717) is 37.4 Å². The summed E-state index contributed by atoms with van der Waals surface area (Å²) < 4.78 is 32.6. The molecule has 2 aromatic carbocycles. The number of hydrogen-bond acceptors (Lipinski definition) is 4. The maximum atomic E-state index is 12.7. The van der Waals surface area contributed by atoms with Crippen molar-refractivity contribution in [1.29, 1.82) is 0 Å². The Morgan fingerprint density at radius 1 is 1.00 bits per heavy atom. The minimum Gasteiger partial charge on any atom is -0.457 e. The van der Waals surface area contributed by atoms with Gasteiger partial charge in [-0.05, 0) is 56.2 Å². The first-order valence-corrected chi connectivity index (χ1v) is 9.94. The minimum atomic E-state index is -3.58. The van der Waals surface area contributed by atoms with Crippen LogP contribution in [0.15, 0.2) is 53.4 Å². The van der Waals surface area contributed by atoms with E-state index in [0.717, 1.165) is 5.56 Å². The van der Waals surface area contributed by atoms with Crippen LogP contribution in [0.1, 0.15) is 18.4 Å². The van der Waals surface area contributed by atoms with E-state index in [1.807, 2.05) is 31.2 Å². The zero-order valence-corrected chi connectivity index (χ0v) is 15.4. The van der Waals surface area contributed by atoms with Crippen LogP contribution in [0.3, 0.4) is 0 Å². The summed E-state index contributed by atoms with van der Waals surface area (Å²) >= 11 is 0. The Labute approximate surface area is 153 Å². The van der Waals surface area contributed by atoms with E-state index in [-0.39, 0.29) is 16.7 Å². The van der Waals surface area contributed by atoms with Gasteiger partial charge in [0.15, 0.2) is 0 Å². The van der Waals surface area contributed by atoms with E-state index in [2.05, 4.69) is 0 Å². The lowest BCUT2D eigenvalue weighted by Gasteiger charge is -2.29. The van der Waals surface area contributed by atoms with Gasteiger partial charge in [-0.1, -0.05) is 17.7 Å². The number of nitrogens with two attached hydrogens (primary N) is 1. The predicted molar refractivity (Wildman–Crippen MR) is 98.4 cm³/mol. The maximum absolute atomic E-state index is 12.7. The van der Waals surface area contributed by atoms with Gasteiger partial charge in [-0.2, -0.15) is 4.31 Å². The molecular weight excluding hydrogens is 352 g/mol. The highest BCUT2D eigenvalue weighted by Crippen LogP contribution is 2.27. The lowest BCUT2D eigenvalue weighted by Crippen LogP contribution is -2.41. The van der Waals surface area contributed by atoms with Crippen LogP contribution < -0.4 is 10.5 Å². The molecule has 1 fully saturated rings. The molecule has 26 heavy (non-hydrogen) atoms. The smallest absolute Gasteiger partial charge is 0.243 e. The number of piperidine rings is 1. The second kappa shape index (κ2) is 7.47. The summed E-state index contributed by atoms with van der Waals surface area (Å²) in [4.78, 5) is 11.4. The number of amides is 1. The average molecular weight is 374 g/mol. The van der Waals surface area contributed by atoms with Gasteiger partial charge < -0.3 is 10.5 Å². The predicted octanol–water partition coefficient (Wildman–Crippen LogP) is 2.67. The molecule has 0 aromatic heterocycles. The van der Waals surface area contributed by atoms with Gasteiger partial charge in [0.2, 0.25) is 15.9 Å². The van der Waals surface area contributed by atoms with Crippen LogP contribution in [-0.4, -0.2) is 31.7 Å². The van der Waals surface area contributed by atoms with Crippen molar-refractivity contribution >= 4 is 15.9 Å². The summed E-state index contributed by atoms with van der Waals surface area (Å²) in [5.41, 5.74) is 6.44. The number of ether oxygens (including phenoxy) is 1. The summed E-state index contributed by atoms with van der Waals surface area (Å²) in [6.45, 7) is 2.60. The topological polar surface area (TPSA) is 89.7 Å². The molecule has 0 unspecified atom stereocenters. The number of hydrogen-bond donors (Lipinski definition) is 1. The molecule has 0 bridgehead atoms. The standard InChI is InChI=1S/C19H22N2O4S/c1-14-2-4-16(5-3-14)25-17-6-8-18(9-7-17)26(23,24)21-12-10-15(11-13-21)19(20)22/h2-9,15H,10-13H2,1H3,(H2,20,22). The lowest BCUT2D eigenvalue weighted by atomic mass is 9.98. The van der Waals surface area contributed by atoms with Crippen LogP contribution in [0.25, 0.3) is 0 Å². The Hall–Kier alpha value is -2.38. The average Bonchev–Trinajstić information content (AvgIpc) is 2.64. The van der Waals surface area contributed by atoms with Gasteiger partial charge in [0, 0.05) is 19.0 Å². The molecular formula is C19H22N2O4S. The zero-order chi connectivity index (χ0) is 18.7. The van der Waals surface area contributed by atoms with Gasteiger partial charge in [0.25, 0.3) is 0 Å². The summed E-state index contributed by atoms with van der Waals surface area (Å²) in [6.07, 6.45) is 0.923. The third-order valence-corrected chi connectivity index (χ3v) is 6.49. The van der Waals surface area contributed by atoms with E-state index in [4.69, 9.17) is 10.5 Å². The van der Waals surface area contributed by atoms with Crippen molar-refractivity contribution in [3.05, 3.63) is 54.1 Å². The Bertz CT molecular complexity index is 869. The Morgan fingerprint density at radius 2 is 1.50 bits per heavy atom. The van der Waals surface area contributed by atoms with Gasteiger partial charge in [0.1, 0.15) is 11.5 Å². The van der Waals surface area contributed by atoms with Crippen LogP contribution >= 0.6 is 0 Å². The van der Waals surface area contributed by atoms with E-state index in [9.17, 15) is 13.2 Å². The van der Waals surface area contributed by atoms with E-state index in [1.54, 1.807) is 24.3 Å². The zero-order valence-electron chi connectivity index (χ0n) is 14.6. The molecule has 3 rings (SSSR count). The number of nitrogens with zero attached hydrogens (tertiary/aromatic N) is 1. The quantitative estimate of drug-likeness (QED) is 0.871. The first kappa shape index (κ1) is 18.4. The van der Waals surface area contributed by atoms with Crippen molar-refractivity contribution in [3.63, 3.8) is 0 Å². The first-order valence-electron chi connectivity index (χ1n) is 8.50. The number of carbonyl (C=O) groups is 1. The molecule has 2 N–H and O–H groups in total. The Morgan fingerprint density at radius 3 is 2.00 bits per heavy atom. The fourth-order valence-corrected chi connectivity index (χ4v) is 4.42. The van der Waals surface area contributed by atoms with Crippen molar-refractivity contribution in [2.24, 2.45) is 11.7 Å². The molecule has 138 valence electrons. The maximum Gasteiger partial charge on any atom is 0.243 e. The van der Waals surface area contributed by atoms with Crippen molar-refractivity contribution in [1.82, 2.24) is 4.31 Å². The molecule has 0 radical (unpaired) electrons. The second-order valence-corrected chi connectivity index (χ2v) is 8.41. The van der Waals surface area contributed by atoms with Crippen LogP contribution in [0.4, 0.5) is 0 Å². The van der Waals surface area contributed by atoms with Gasteiger partial charge >= 0.3 is 0 Å². The molecule has 0 atom stereocenters. The minimum absolute atomic E-state index is 0.214. The third kappa shape index (κ3) is 4.05. The molecule has 0 spiro atoms. The highest BCUT2D eigenvalue weighted by molar-refractivity contribution is 7.89. The van der Waals surface area contributed by atoms with Gasteiger partial charge in [-0.3, -0.25) is 4.79 Å².